The molecule has 0 saturated carbocycles. The Morgan fingerprint density at radius 3 is 2.75 bits per heavy atom. The Morgan fingerprint density at radius 1 is 1.44 bits per heavy atom. The van der Waals surface area contributed by atoms with E-state index in [0.29, 0.717) is 0 Å². The maximum atomic E-state index is 4.37. The van der Waals surface area contributed by atoms with Gasteiger partial charge in [0, 0.05) is 19.5 Å². The summed E-state index contributed by atoms with van der Waals surface area (Å²) in [6, 6.07) is 0. The van der Waals surface area contributed by atoms with Gasteiger partial charge in [-0.3, -0.25) is 4.68 Å². The second kappa shape index (κ2) is 5.99. The zero-order valence-corrected chi connectivity index (χ0v) is 11.0. The van der Waals surface area contributed by atoms with E-state index in [9.17, 15) is 0 Å². The SMILES string of the molecule is CCCn1ncnc1CC(C)(CC)CNC. The number of nitrogens with one attached hydrogen (secondary N) is 1. The summed E-state index contributed by atoms with van der Waals surface area (Å²) in [5, 5.41) is 7.54. The van der Waals surface area contributed by atoms with E-state index in [1.165, 1.54) is 0 Å². The molecule has 4 heteroatoms. The molecule has 4 nitrogen and oxygen atoms in total. The largest absolute Gasteiger partial charge is 0.319 e. The summed E-state index contributed by atoms with van der Waals surface area (Å²) in [4.78, 5) is 4.37. The summed E-state index contributed by atoms with van der Waals surface area (Å²) in [6.45, 7) is 8.68. The van der Waals surface area contributed by atoms with Gasteiger partial charge in [0.25, 0.3) is 0 Å². The summed E-state index contributed by atoms with van der Waals surface area (Å²) in [7, 11) is 2.00. The van der Waals surface area contributed by atoms with Gasteiger partial charge >= 0.3 is 0 Å². The van der Waals surface area contributed by atoms with Gasteiger partial charge in [0.05, 0.1) is 0 Å². The van der Waals surface area contributed by atoms with Crippen LogP contribution in [0.5, 0.6) is 0 Å². The van der Waals surface area contributed by atoms with Crippen LogP contribution < -0.4 is 5.32 Å². The minimum absolute atomic E-state index is 0.271. The van der Waals surface area contributed by atoms with E-state index in [0.717, 1.165) is 38.2 Å². The first-order valence-electron chi connectivity index (χ1n) is 6.16. The van der Waals surface area contributed by atoms with Crippen molar-refractivity contribution in [3.8, 4) is 0 Å². The lowest BCUT2D eigenvalue weighted by molar-refractivity contribution is 0.287. The highest BCUT2D eigenvalue weighted by Gasteiger charge is 2.24. The molecule has 1 aromatic heterocycles. The van der Waals surface area contributed by atoms with Gasteiger partial charge in [-0.2, -0.15) is 5.10 Å². The molecular weight excluding hydrogens is 200 g/mol. The van der Waals surface area contributed by atoms with Crippen LogP contribution in [0, 0.1) is 5.41 Å². The summed E-state index contributed by atoms with van der Waals surface area (Å²) in [5.41, 5.74) is 0.271. The molecule has 0 radical (unpaired) electrons. The number of aromatic nitrogens is 3. The van der Waals surface area contributed by atoms with Gasteiger partial charge in [-0.25, -0.2) is 4.98 Å². The topological polar surface area (TPSA) is 42.7 Å². The highest BCUT2D eigenvalue weighted by atomic mass is 15.3. The van der Waals surface area contributed by atoms with Gasteiger partial charge < -0.3 is 5.32 Å². The molecule has 0 amide bonds. The fourth-order valence-corrected chi connectivity index (χ4v) is 1.94. The van der Waals surface area contributed by atoms with Gasteiger partial charge in [-0.15, -0.1) is 0 Å². The normalized spacial score (nSPS) is 15.0. The Bertz CT molecular complexity index is 308. The second-order valence-corrected chi connectivity index (χ2v) is 4.77. The number of aryl methyl sites for hydroxylation is 1. The quantitative estimate of drug-likeness (QED) is 0.769. The first-order valence-corrected chi connectivity index (χ1v) is 6.16. The molecule has 1 unspecified atom stereocenters. The van der Waals surface area contributed by atoms with E-state index in [1.54, 1.807) is 6.33 Å². The summed E-state index contributed by atoms with van der Waals surface area (Å²) in [6.07, 6.45) is 4.91. The van der Waals surface area contributed by atoms with Crippen molar-refractivity contribution in [1.29, 1.82) is 0 Å². The smallest absolute Gasteiger partial charge is 0.138 e. The molecule has 1 atom stereocenters. The van der Waals surface area contributed by atoms with E-state index in [4.69, 9.17) is 0 Å². The summed E-state index contributed by atoms with van der Waals surface area (Å²) < 4.78 is 2.03. The van der Waals surface area contributed by atoms with Crippen molar-refractivity contribution in [1.82, 2.24) is 20.1 Å². The zero-order chi connectivity index (χ0) is 12.0. The standard InChI is InChI=1S/C12H24N4/c1-5-7-16-11(14-10-15-16)8-12(3,6-2)9-13-4/h10,13H,5-9H2,1-4H3. The van der Waals surface area contributed by atoms with Crippen molar-refractivity contribution >= 4 is 0 Å². The van der Waals surface area contributed by atoms with Gasteiger partial charge in [-0.1, -0.05) is 20.8 Å². The summed E-state index contributed by atoms with van der Waals surface area (Å²) >= 11 is 0. The van der Waals surface area contributed by atoms with Crippen LogP contribution >= 0.6 is 0 Å². The molecule has 92 valence electrons. The lowest BCUT2D eigenvalue weighted by Gasteiger charge is -2.27. The van der Waals surface area contributed by atoms with E-state index in [1.807, 2.05) is 11.7 Å². The third kappa shape index (κ3) is 3.30. The molecule has 0 bridgehead atoms. The fraction of sp³-hybridized carbons (Fsp3) is 0.833. The first kappa shape index (κ1) is 13.2. The molecule has 1 rings (SSSR count). The van der Waals surface area contributed by atoms with Gasteiger partial charge in [-0.05, 0) is 25.3 Å². The van der Waals surface area contributed by atoms with Crippen LogP contribution in [0.15, 0.2) is 6.33 Å². The maximum Gasteiger partial charge on any atom is 0.138 e. The molecule has 0 aliphatic carbocycles. The predicted octanol–water partition coefficient (Wildman–Crippen LogP) is 1.87. The molecule has 1 N–H and O–H groups in total. The minimum atomic E-state index is 0.271. The van der Waals surface area contributed by atoms with Crippen molar-refractivity contribution in [2.75, 3.05) is 13.6 Å². The van der Waals surface area contributed by atoms with Crippen LogP contribution in [0.3, 0.4) is 0 Å². The monoisotopic (exact) mass is 224 g/mol. The Kier molecular flexibility index (Phi) is 4.93. The van der Waals surface area contributed by atoms with Crippen molar-refractivity contribution in [3.05, 3.63) is 12.2 Å². The van der Waals surface area contributed by atoms with Crippen LogP contribution in [-0.2, 0) is 13.0 Å². The van der Waals surface area contributed by atoms with Crippen LogP contribution in [0.25, 0.3) is 0 Å². The molecule has 0 saturated heterocycles. The number of hydrogen-bond acceptors (Lipinski definition) is 3. The molecule has 0 spiro atoms. The lowest BCUT2D eigenvalue weighted by atomic mass is 9.83. The molecule has 0 fully saturated rings. The third-order valence-corrected chi connectivity index (χ3v) is 3.17. The molecule has 1 aromatic rings. The molecule has 0 aliphatic rings. The Hall–Kier alpha value is -0.900. The minimum Gasteiger partial charge on any atom is -0.319 e. The van der Waals surface area contributed by atoms with E-state index in [-0.39, 0.29) is 5.41 Å². The van der Waals surface area contributed by atoms with Crippen molar-refractivity contribution in [2.45, 2.75) is 46.6 Å². The summed E-state index contributed by atoms with van der Waals surface area (Å²) in [5.74, 6) is 1.11. The van der Waals surface area contributed by atoms with E-state index >= 15 is 0 Å². The molecule has 0 aromatic carbocycles. The number of rotatable bonds is 7. The first-order chi connectivity index (χ1) is 7.65. The van der Waals surface area contributed by atoms with Crippen molar-refractivity contribution in [2.24, 2.45) is 5.41 Å². The van der Waals surface area contributed by atoms with Gasteiger partial charge in [0.1, 0.15) is 12.2 Å². The Morgan fingerprint density at radius 2 is 2.19 bits per heavy atom. The molecule has 0 aliphatic heterocycles. The number of hydrogen-bond donors (Lipinski definition) is 1. The second-order valence-electron chi connectivity index (χ2n) is 4.77. The third-order valence-electron chi connectivity index (χ3n) is 3.17. The molecule has 1 heterocycles. The fourth-order valence-electron chi connectivity index (χ4n) is 1.94. The van der Waals surface area contributed by atoms with Crippen molar-refractivity contribution in [3.63, 3.8) is 0 Å². The van der Waals surface area contributed by atoms with Gasteiger partial charge in [0.2, 0.25) is 0 Å². The van der Waals surface area contributed by atoms with E-state index < -0.39 is 0 Å². The Labute approximate surface area is 98.5 Å². The number of nitrogens with zero attached hydrogens (tertiary/aromatic N) is 3. The average Bonchev–Trinajstić information content (AvgIpc) is 2.67. The van der Waals surface area contributed by atoms with E-state index in [2.05, 4.69) is 36.2 Å². The molecular formula is C12H24N4. The van der Waals surface area contributed by atoms with Crippen LogP contribution in [-0.4, -0.2) is 28.4 Å². The van der Waals surface area contributed by atoms with Crippen LogP contribution in [0.4, 0.5) is 0 Å². The Balaban J connectivity index is 2.73. The zero-order valence-electron chi connectivity index (χ0n) is 11.0. The predicted molar refractivity (Wildman–Crippen MR) is 66.3 cm³/mol. The molecule has 16 heavy (non-hydrogen) atoms. The highest BCUT2D eigenvalue weighted by molar-refractivity contribution is 4.92. The maximum absolute atomic E-state index is 4.37. The lowest BCUT2D eigenvalue weighted by Crippen LogP contribution is -2.32. The van der Waals surface area contributed by atoms with Crippen molar-refractivity contribution < 1.29 is 0 Å². The highest BCUT2D eigenvalue weighted by Crippen LogP contribution is 2.24. The van der Waals surface area contributed by atoms with Crippen LogP contribution in [0.1, 0.15) is 39.4 Å². The van der Waals surface area contributed by atoms with Crippen LogP contribution in [0.2, 0.25) is 0 Å². The van der Waals surface area contributed by atoms with Gasteiger partial charge in [0.15, 0.2) is 0 Å². The average molecular weight is 224 g/mol.